The van der Waals surface area contributed by atoms with E-state index in [0.717, 1.165) is 14.7 Å². The average molecular weight is 444 g/mol. The summed E-state index contributed by atoms with van der Waals surface area (Å²) < 4.78 is 20.1. The van der Waals surface area contributed by atoms with Gasteiger partial charge in [0.25, 0.3) is 0 Å². The van der Waals surface area contributed by atoms with Gasteiger partial charge in [0.1, 0.15) is 5.82 Å². The molecule has 0 bridgehead atoms. The van der Waals surface area contributed by atoms with Gasteiger partial charge in [0, 0.05) is 4.47 Å². The van der Waals surface area contributed by atoms with Crippen molar-refractivity contribution in [2.24, 2.45) is 5.10 Å². The van der Waals surface area contributed by atoms with Gasteiger partial charge in [-0.3, -0.25) is 4.79 Å². The van der Waals surface area contributed by atoms with Crippen LogP contribution < -0.4 is 5.01 Å². The minimum atomic E-state index is -0.448. The van der Waals surface area contributed by atoms with E-state index in [9.17, 15) is 9.18 Å². The Morgan fingerprint density at radius 2 is 2.04 bits per heavy atom. The van der Waals surface area contributed by atoms with E-state index in [0.29, 0.717) is 10.7 Å². The maximum Gasteiger partial charge on any atom is 0.316 e. The molecule has 1 amide bonds. The first kappa shape index (κ1) is 17.6. The summed E-state index contributed by atoms with van der Waals surface area (Å²) in [6.07, 6.45) is 2.90. The maximum absolute atomic E-state index is 13.1. The van der Waals surface area contributed by atoms with Crippen molar-refractivity contribution in [2.75, 3.05) is 5.01 Å². The van der Waals surface area contributed by atoms with Crippen molar-refractivity contribution >= 4 is 54.7 Å². The fraction of sp³-hybridized carbons (Fsp3) is 0. The molecule has 0 radical (unpaired) electrons. The highest BCUT2D eigenvalue weighted by atomic mass is 79.9. The molecule has 0 fully saturated rings. The molecule has 5 nitrogen and oxygen atoms in total. The van der Waals surface area contributed by atoms with Gasteiger partial charge < -0.3 is 4.42 Å². The Labute approximate surface area is 165 Å². The lowest BCUT2D eigenvalue weighted by Gasteiger charge is -2.11. The van der Waals surface area contributed by atoms with E-state index in [-0.39, 0.29) is 11.6 Å². The lowest BCUT2D eigenvalue weighted by Crippen LogP contribution is -2.25. The van der Waals surface area contributed by atoms with Crippen LogP contribution in [-0.4, -0.2) is 17.1 Å². The summed E-state index contributed by atoms with van der Waals surface area (Å²) >= 11 is 4.76. The molecule has 2 heterocycles. The van der Waals surface area contributed by atoms with Crippen molar-refractivity contribution in [1.29, 1.82) is 0 Å². The van der Waals surface area contributed by atoms with Crippen LogP contribution in [0.2, 0.25) is 0 Å². The molecule has 0 aliphatic heterocycles. The van der Waals surface area contributed by atoms with Crippen molar-refractivity contribution in [3.05, 3.63) is 82.5 Å². The minimum absolute atomic E-state index is 0.145. The van der Waals surface area contributed by atoms with Crippen LogP contribution in [-0.2, 0) is 0 Å². The number of nitrogens with zero attached hydrogens (tertiary/aromatic N) is 3. The fourth-order valence-electron chi connectivity index (χ4n) is 2.34. The molecule has 0 atom stereocenters. The second-order valence-corrected chi connectivity index (χ2v) is 7.42. The summed E-state index contributed by atoms with van der Waals surface area (Å²) in [5, 5.41) is 5.87. The number of thiazole rings is 1. The van der Waals surface area contributed by atoms with Gasteiger partial charge in [-0.05, 0) is 48.0 Å². The smallest absolute Gasteiger partial charge is 0.316 e. The lowest BCUT2D eigenvalue weighted by atomic mass is 10.2. The zero-order chi connectivity index (χ0) is 18.8. The number of fused-ring (bicyclic) bond motifs is 1. The Balaban J connectivity index is 1.74. The lowest BCUT2D eigenvalue weighted by molar-refractivity contribution is 0.0961. The zero-order valence-electron chi connectivity index (χ0n) is 13.7. The molecule has 0 unspecified atom stereocenters. The van der Waals surface area contributed by atoms with Crippen LogP contribution >= 0.6 is 27.3 Å². The molecule has 0 saturated heterocycles. The summed E-state index contributed by atoms with van der Waals surface area (Å²) in [6, 6.07) is 14.7. The number of hydrogen-bond acceptors (Lipinski definition) is 5. The summed E-state index contributed by atoms with van der Waals surface area (Å²) in [6.45, 7) is 0. The minimum Gasteiger partial charge on any atom is -0.459 e. The Bertz CT molecular complexity index is 1120. The van der Waals surface area contributed by atoms with Gasteiger partial charge in [-0.1, -0.05) is 39.4 Å². The molecule has 4 aromatic rings. The van der Waals surface area contributed by atoms with Crippen molar-refractivity contribution in [1.82, 2.24) is 4.98 Å². The third-order valence-electron chi connectivity index (χ3n) is 3.64. The standard InChI is InChI=1S/C19H11BrFN3O2S/c20-13-5-8-15-17(10-13)27-19(23-15)24(18(25)16-2-1-9-26-16)22-11-12-3-6-14(21)7-4-12/h1-11H/b22-11+. The maximum atomic E-state index is 13.1. The van der Waals surface area contributed by atoms with E-state index in [1.165, 1.54) is 41.0 Å². The number of rotatable bonds is 4. The number of hydrogen-bond donors (Lipinski definition) is 0. The highest BCUT2D eigenvalue weighted by molar-refractivity contribution is 9.10. The second-order valence-electron chi connectivity index (χ2n) is 5.50. The number of amides is 1. The van der Waals surface area contributed by atoms with E-state index in [1.807, 2.05) is 18.2 Å². The van der Waals surface area contributed by atoms with Crippen LogP contribution in [0.5, 0.6) is 0 Å². The highest BCUT2D eigenvalue weighted by Crippen LogP contribution is 2.31. The van der Waals surface area contributed by atoms with E-state index in [4.69, 9.17) is 4.42 Å². The Hall–Kier alpha value is -2.84. The molecule has 2 aromatic heterocycles. The van der Waals surface area contributed by atoms with Gasteiger partial charge in [0.05, 0.1) is 22.7 Å². The molecule has 0 aliphatic carbocycles. The van der Waals surface area contributed by atoms with Gasteiger partial charge in [0.2, 0.25) is 5.13 Å². The number of anilines is 1. The number of furan rings is 1. The molecule has 0 aliphatic rings. The first-order chi connectivity index (χ1) is 13.1. The Kier molecular flexibility index (Phi) is 4.83. The third kappa shape index (κ3) is 3.81. The normalized spacial score (nSPS) is 11.3. The molecule has 0 N–H and O–H groups in total. The van der Waals surface area contributed by atoms with Crippen molar-refractivity contribution in [3.63, 3.8) is 0 Å². The zero-order valence-corrected chi connectivity index (χ0v) is 16.1. The van der Waals surface area contributed by atoms with Crippen molar-refractivity contribution < 1.29 is 13.6 Å². The quantitative estimate of drug-likeness (QED) is 0.310. The van der Waals surface area contributed by atoms with Gasteiger partial charge in [-0.2, -0.15) is 10.1 Å². The topological polar surface area (TPSA) is 58.7 Å². The molecule has 134 valence electrons. The summed E-state index contributed by atoms with van der Waals surface area (Å²) in [5.74, 6) is -0.643. The molecule has 0 saturated carbocycles. The van der Waals surface area contributed by atoms with E-state index in [2.05, 4.69) is 26.0 Å². The number of halogens is 2. The SMILES string of the molecule is O=C(c1ccco1)N(/N=C/c1ccc(F)cc1)c1nc2ccc(Br)cc2s1. The molecule has 4 rings (SSSR count). The average Bonchev–Trinajstić information content (AvgIpc) is 3.32. The van der Waals surface area contributed by atoms with E-state index >= 15 is 0 Å². The van der Waals surface area contributed by atoms with Crippen LogP contribution in [0, 0.1) is 5.82 Å². The number of carbonyl (C=O) groups excluding carboxylic acids is 1. The number of benzene rings is 2. The first-order valence-electron chi connectivity index (χ1n) is 7.84. The van der Waals surface area contributed by atoms with E-state index < -0.39 is 5.91 Å². The molecular formula is C19H11BrFN3O2S. The Morgan fingerprint density at radius 1 is 1.22 bits per heavy atom. The van der Waals surface area contributed by atoms with Gasteiger partial charge >= 0.3 is 5.91 Å². The first-order valence-corrected chi connectivity index (χ1v) is 9.45. The second kappa shape index (κ2) is 7.42. The molecule has 8 heteroatoms. The fourth-order valence-corrected chi connectivity index (χ4v) is 3.82. The summed E-state index contributed by atoms with van der Waals surface area (Å²) in [4.78, 5) is 17.3. The third-order valence-corrected chi connectivity index (χ3v) is 5.12. The van der Waals surface area contributed by atoms with Crippen LogP contribution in [0.25, 0.3) is 10.2 Å². The van der Waals surface area contributed by atoms with Crippen molar-refractivity contribution in [3.8, 4) is 0 Å². The predicted octanol–water partition coefficient (Wildman–Crippen LogP) is 5.47. The highest BCUT2D eigenvalue weighted by Gasteiger charge is 2.23. The Morgan fingerprint density at radius 3 is 2.78 bits per heavy atom. The molecular weight excluding hydrogens is 433 g/mol. The van der Waals surface area contributed by atoms with Crippen LogP contribution in [0.15, 0.2) is 74.9 Å². The van der Waals surface area contributed by atoms with Gasteiger partial charge in [-0.25, -0.2) is 9.37 Å². The number of hydrazone groups is 1. The summed E-state index contributed by atoms with van der Waals surface area (Å²) in [7, 11) is 0. The van der Waals surface area contributed by atoms with Gasteiger partial charge in [0.15, 0.2) is 5.76 Å². The van der Waals surface area contributed by atoms with Crippen LogP contribution in [0.3, 0.4) is 0 Å². The van der Waals surface area contributed by atoms with Gasteiger partial charge in [-0.15, -0.1) is 0 Å². The van der Waals surface area contributed by atoms with Crippen LogP contribution in [0.4, 0.5) is 9.52 Å². The number of aromatic nitrogens is 1. The molecule has 2 aromatic carbocycles. The van der Waals surface area contributed by atoms with Crippen LogP contribution in [0.1, 0.15) is 16.1 Å². The predicted molar refractivity (Wildman–Crippen MR) is 107 cm³/mol. The summed E-state index contributed by atoms with van der Waals surface area (Å²) in [5.41, 5.74) is 1.41. The monoisotopic (exact) mass is 443 g/mol. The largest absolute Gasteiger partial charge is 0.459 e. The molecule has 27 heavy (non-hydrogen) atoms. The van der Waals surface area contributed by atoms with E-state index in [1.54, 1.807) is 24.3 Å². The van der Waals surface area contributed by atoms with Crippen molar-refractivity contribution in [2.45, 2.75) is 0 Å². The number of carbonyl (C=O) groups is 1. The molecule has 0 spiro atoms.